The van der Waals surface area contributed by atoms with Gasteiger partial charge in [-0.05, 0) is 43.0 Å². The van der Waals surface area contributed by atoms with Crippen LogP contribution in [0.25, 0.3) is 0 Å². The quantitative estimate of drug-likeness (QED) is 0.313. The average molecular weight is 538 g/mol. The third kappa shape index (κ3) is 7.01. The zero-order valence-electron chi connectivity index (χ0n) is 20.2. The highest BCUT2D eigenvalue weighted by Crippen LogP contribution is 2.31. The van der Waals surface area contributed by atoms with Crippen LogP contribution in [-0.2, 0) is 16.1 Å². The van der Waals surface area contributed by atoms with Gasteiger partial charge in [0.05, 0.1) is 12.0 Å². The SMILES string of the molecule is CCC(C(=O)NC1CCCC1)N(Cc1ccc(Cl)cc1Cl)C(=O)COc1ccc([N+](=O)[O-])c(OC)c1. The molecule has 0 saturated heterocycles. The summed E-state index contributed by atoms with van der Waals surface area (Å²) >= 11 is 12.4. The molecule has 36 heavy (non-hydrogen) atoms. The molecule has 0 bridgehead atoms. The van der Waals surface area contributed by atoms with Crippen molar-refractivity contribution < 1.29 is 24.0 Å². The second-order valence-corrected chi connectivity index (χ2v) is 9.39. The molecule has 2 amide bonds. The fourth-order valence-corrected chi connectivity index (χ4v) is 4.72. The van der Waals surface area contributed by atoms with Gasteiger partial charge in [0.15, 0.2) is 6.61 Å². The van der Waals surface area contributed by atoms with E-state index in [1.165, 1.54) is 30.2 Å². The summed E-state index contributed by atoms with van der Waals surface area (Å²) in [5, 5.41) is 15.0. The van der Waals surface area contributed by atoms with E-state index in [1.54, 1.807) is 18.2 Å². The zero-order chi connectivity index (χ0) is 26.2. The molecule has 1 unspecified atom stereocenters. The second-order valence-electron chi connectivity index (χ2n) is 8.55. The molecular weight excluding hydrogens is 509 g/mol. The fourth-order valence-electron chi connectivity index (χ4n) is 4.25. The van der Waals surface area contributed by atoms with Crippen LogP contribution in [0.3, 0.4) is 0 Å². The van der Waals surface area contributed by atoms with Gasteiger partial charge in [0.2, 0.25) is 11.7 Å². The van der Waals surface area contributed by atoms with Gasteiger partial charge in [-0.25, -0.2) is 0 Å². The molecule has 1 aliphatic carbocycles. The predicted molar refractivity (Wildman–Crippen MR) is 137 cm³/mol. The van der Waals surface area contributed by atoms with Crippen molar-refractivity contribution in [3.05, 3.63) is 62.1 Å². The van der Waals surface area contributed by atoms with Crippen LogP contribution in [-0.4, -0.2) is 47.4 Å². The van der Waals surface area contributed by atoms with E-state index < -0.39 is 16.9 Å². The number of nitro groups is 1. The Labute approximate surface area is 219 Å². The first-order chi connectivity index (χ1) is 17.2. The van der Waals surface area contributed by atoms with Gasteiger partial charge in [-0.3, -0.25) is 19.7 Å². The Balaban J connectivity index is 1.81. The first-order valence-corrected chi connectivity index (χ1v) is 12.5. The van der Waals surface area contributed by atoms with Crippen molar-refractivity contribution in [3.63, 3.8) is 0 Å². The van der Waals surface area contributed by atoms with Crippen molar-refractivity contribution in [2.45, 2.75) is 57.7 Å². The number of hydrogen-bond acceptors (Lipinski definition) is 6. The van der Waals surface area contributed by atoms with Crippen molar-refractivity contribution in [2.75, 3.05) is 13.7 Å². The van der Waals surface area contributed by atoms with E-state index >= 15 is 0 Å². The summed E-state index contributed by atoms with van der Waals surface area (Å²) in [5.74, 6) is -0.428. The summed E-state index contributed by atoms with van der Waals surface area (Å²) in [6.07, 6.45) is 4.36. The first kappa shape index (κ1) is 27.5. The molecule has 1 N–H and O–H groups in total. The lowest BCUT2D eigenvalue weighted by molar-refractivity contribution is -0.385. The number of hydrogen-bond donors (Lipinski definition) is 1. The number of ether oxygens (including phenoxy) is 2. The molecule has 9 nitrogen and oxygen atoms in total. The van der Waals surface area contributed by atoms with E-state index in [9.17, 15) is 19.7 Å². The van der Waals surface area contributed by atoms with E-state index in [2.05, 4.69) is 5.32 Å². The van der Waals surface area contributed by atoms with E-state index in [1.807, 2.05) is 6.92 Å². The topological polar surface area (TPSA) is 111 Å². The molecule has 0 radical (unpaired) electrons. The molecule has 1 aliphatic rings. The molecule has 0 aromatic heterocycles. The number of nitrogens with one attached hydrogen (secondary N) is 1. The Morgan fingerprint density at radius 3 is 2.53 bits per heavy atom. The van der Waals surface area contributed by atoms with Crippen LogP contribution in [0, 0.1) is 10.1 Å². The van der Waals surface area contributed by atoms with Gasteiger partial charge < -0.3 is 19.7 Å². The van der Waals surface area contributed by atoms with E-state index in [4.69, 9.17) is 32.7 Å². The maximum absolute atomic E-state index is 13.4. The summed E-state index contributed by atoms with van der Waals surface area (Å²) in [7, 11) is 1.31. The standard InChI is InChI=1S/C25H29Cl2N3O6/c1-3-21(25(32)28-18-6-4-5-7-18)29(14-16-8-9-17(26)12-20(16)27)24(31)15-36-19-10-11-22(30(33)34)23(13-19)35-2/h8-13,18,21H,3-7,14-15H2,1-2H3,(H,28,32). The van der Waals surface area contributed by atoms with Crippen molar-refractivity contribution in [1.29, 1.82) is 0 Å². The van der Waals surface area contributed by atoms with Gasteiger partial charge >= 0.3 is 5.69 Å². The van der Waals surface area contributed by atoms with Crippen molar-refractivity contribution >= 4 is 40.7 Å². The van der Waals surface area contributed by atoms with Gasteiger partial charge in [-0.2, -0.15) is 0 Å². The Morgan fingerprint density at radius 1 is 1.19 bits per heavy atom. The number of amides is 2. The van der Waals surface area contributed by atoms with Crippen molar-refractivity contribution in [2.24, 2.45) is 0 Å². The summed E-state index contributed by atoms with van der Waals surface area (Å²) in [4.78, 5) is 38.6. The van der Waals surface area contributed by atoms with E-state index in [-0.39, 0.29) is 42.3 Å². The van der Waals surface area contributed by atoms with Gasteiger partial charge in [-0.15, -0.1) is 0 Å². The smallest absolute Gasteiger partial charge is 0.311 e. The van der Waals surface area contributed by atoms with Crippen LogP contribution in [0.2, 0.25) is 10.0 Å². The molecule has 11 heteroatoms. The zero-order valence-corrected chi connectivity index (χ0v) is 21.7. The molecule has 3 rings (SSSR count). The monoisotopic (exact) mass is 537 g/mol. The Morgan fingerprint density at radius 2 is 1.92 bits per heavy atom. The van der Waals surface area contributed by atoms with E-state index in [0.29, 0.717) is 22.0 Å². The van der Waals surface area contributed by atoms with Gasteiger partial charge in [-0.1, -0.05) is 49.0 Å². The highest BCUT2D eigenvalue weighted by Gasteiger charge is 2.31. The van der Waals surface area contributed by atoms with Crippen LogP contribution in [0.5, 0.6) is 11.5 Å². The predicted octanol–water partition coefficient (Wildman–Crippen LogP) is 5.16. The summed E-state index contributed by atoms with van der Waals surface area (Å²) in [6, 6.07) is 8.31. The molecule has 0 spiro atoms. The molecule has 2 aromatic carbocycles. The number of nitro benzene ring substituents is 1. The van der Waals surface area contributed by atoms with Crippen LogP contribution >= 0.6 is 23.2 Å². The molecule has 1 saturated carbocycles. The lowest BCUT2D eigenvalue weighted by Gasteiger charge is -2.31. The van der Waals surface area contributed by atoms with Crippen LogP contribution in [0.4, 0.5) is 5.69 Å². The van der Waals surface area contributed by atoms with Gasteiger partial charge in [0.25, 0.3) is 5.91 Å². The molecule has 194 valence electrons. The van der Waals surface area contributed by atoms with Gasteiger partial charge in [0.1, 0.15) is 11.8 Å². The fraction of sp³-hybridized carbons (Fsp3) is 0.440. The number of halogens is 2. The van der Waals surface area contributed by atoms with Crippen LogP contribution in [0.1, 0.15) is 44.6 Å². The van der Waals surface area contributed by atoms with Crippen molar-refractivity contribution in [1.82, 2.24) is 10.2 Å². The van der Waals surface area contributed by atoms with Crippen molar-refractivity contribution in [3.8, 4) is 11.5 Å². The van der Waals surface area contributed by atoms with Gasteiger partial charge in [0, 0.05) is 34.8 Å². The molecule has 1 atom stereocenters. The first-order valence-electron chi connectivity index (χ1n) is 11.7. The normalized spacial score (nSPS) is 14.2. The highest BCUT2D eigenvalue weighted by molar-refractivity contribution is 6.35. The number of carbonyl (C=O) groups excluding carboxylic acids is 2. The number of carbonyl (C=O) groups is 2. The Kier molecular flexibility index (Phi) is 9.78. The third-order valence-electron chi connectivity index (χ3n) is 6.15. The maximum atomic E-state index is 13.4. The molecule has 1 fully saturated rings. The lowest BCUT2D eigenvalue weighted by atomic mass is 10.1. The largest absolute Gasteiger partial charge is 0.490 e. The molecule has 2 aromatic rings. The number of nitrogens with zero attached hydrogens (tertiary/aromatic N) is 2. The Hall–Kier alpha value is -3.04. The number of methoxy groups -OCH3 is 1. The number of rotatable bonds is 11. The van der Waals surface area contributed by atoms with Crippen LogP contribution < -0.4 is 14.8 Å². The molecule has 0 aliphatic heterocycles. The van der Waals surface area contributed by atoms with Crippen LogP contribution in [0.15, 0.2) is 36.4 Å². The third-order valence-corrected chi connectivity index (χ3v) is 6.74. The Bertz CT molecular complexity index is 1110. The lowest BCUT2D eigenvalue weighted by Crippen LogP contribution is -2.52. The minimum Gasteiger partial charge on any atom is -0.490 e. The summed E-state index contributed by atoms with van der Waals surface area (Å²) in [5.41, 5.74) is 0.420. The van der Waals surface area contributed by atoms with E-state index in [0.717, 1.165) is 25.7 Å². The highest BCUT2D eigenvalue weighted by atomic mass is 35.5. The average Bonchev–Trinajstić information content (AvgIpc) is 3.36. The number of benzene rings is 2. The minimum absolute atomic E-state index is 0.0112. The minimum atomic E-state index is -0.736. The molecular formula is C25H29Cl2N3O6. The summed E-state index contributed by atoms with van der Waals surface area (Å²) in [6.45, 7) is 1.53. The maximum Gasteiger partial charge on any atom is 0.311 e. The second kappa shape index (κ2) is 12.8. The summed E-state index contributed by atoms with van der Waals surface area (Å²) < 4.78 is 10.7. The molecule has 0 heterocycles.